The third-order valence-electron chi connectivity index (χ3n) is 10.8. The van der Waals surface area contributed by atoms with E-state index in [1.165, 1.54) is 32.4 Å². The average Bonchev–Trinajstić information content (AvgIpc) is 3.59. The molecule has 0 aliphatic rings. The summed E-state index contributed by atoms with van der Waals surface area (Å²) in [5, 5.41) is 9.39. The van der Waals surface area contributed by atoms with Gasteiger partial charge in [-0.15, -0.1) is 0 Å². The van der Waals surface area contributed by atoms with Crippen LogP contribution in [0.3, 0.4) is 0 Å². The van der Waals surface area contributed by atoms with Gasteiger partial charge >= 0.3 is 0 Å². The summed E-state index contributed by atoms with van der Waals surface area (Å²) in [6, 6.07) is 68.6. The van der Waals surface area contributed by atoms with Crippen molar-refractivity contribution in [2.24, 2.45) is 0 Å². The minimum atomic E-state index is 0.630. The SMILES string of the molecule is c1ccc(-c2nc(-c3ccccc3-c3ccc4c5ccccc5n(-c5ccccc5)c4c3)nc(-c3c4ccccc4cc4c3ccc3ccccc34)n2)cc1. The van der Waals surface area contributed by atoms with Crippen LogP contribution in [0.15, 0.2) is 194 Å². The lowest BCUT2D eigenvalue weighted by Gasteiger charge is -2.16. The predicted molar refractivity (Wildman–Crippen MR) is 228 cm³/mol. The third-order valence-corrected chi connectivity index (χ3v) is 10.8. The number of para-hydroxylation sites is 2. The Bertz CT molecular complexity index is 3260. The lowest BCUT2D eigenvalue weighted by Crippen LogP contribution is -2.02. The van der Waals surface area contributed by atoms with Crippen molar-refractivity contribution in [2.75, 3.05) is 0 Å². The van der Waals surface area contributed by atoms with Crippen LogP contribution >= 0.6 is 0 Å². The molecular weight excluding hydrogens is 669 g/mol. The van der Waals surface area contributed by atoms with Crippen LogP contribution in [0.1, 0.15) is 0 Å². The van der Waals surface area contributed by atoms with Crippen molar-refractivity contribution in [3.8, 4) is 51.0 Å². The summed E-state index contributed by atoms with van der Waals surface area (Å²) in [4.78, 5) is 15.9. The standard InChI is InChI=1S/C51H32N4/c1-3-16-34(17-4-1)49-52-50(54-51(53-49)48-40-23-10-8-18-35(40)31-45-38-21-9-7-15-33(38)27-30-43(45)48)44-25-12-11-22-39(44)36-28-29-42-41-24-13-14-26-46(41)55(47(42)32-36)37-19-5-2-6-20-37/h1-32H. The van der Waals surface area contributed by atoms with Crippen LogP contribution in [-0.4, -0.2) is 19.5 Å². The van der Waals surface area contributed by atoms with Gasteiger partial charge in [-0.05, 0) is 73.8 Å². The molecule has 0 unspecified atom stereocenters. The minimum Gasteiger partial charge on any atom is -0.309 e. The van der Waals surface area contributed by atoms with Crippen molar-refractivity contribution in [1.29, 1.82) is 0 Å². The molecule has 0 aliphatic carbocycles. The molecule has 0 fully saturated rings. The van der Waals surface area contributed by atoms with Gasteiger partial charge in [-0.1, -0.05) is 164 Å². The Morgan fingerprint density at radius 2 is 0.909 bits per heavy atom. The van der Waals surface area contributed by atoms with E-state index in [4.69, 9.17) is 15.0 Å². The monoisotopic (exact) mass is 700 g/mol. The molecule has 2 heterocycles. The third kappa shape index (κ3) is 5.11. The molecule has 11 rings (SSSR count). The maximum atomic E-state index is 5.40. The van der Waals surface area contributed by atoms with Crippen molar-refractivity contribution in [3.63, 3.8) is 0 Å². The highest BCUT2D eigenvalue weighted by molar-refractivity contribution is 6.19. The summed E-state index contributed by atoms with van der Waals surface area (Å²) < 4.78 is 2.36. The molecule has 4 heteroatoms. The zero-order valence-corrected chi connectivity index (χ0v) is 29.8. The molecular formula is C51H32N4. The van der Waals surface area contributed by atoms with Crippen LogP contribution in [0.25, 0.3) is 105 Å². The number of nitrogens with zero attached hydrogens (tertiary/aromatic N) is 4. The lowest BCUT2D eigenvalue weighted by molar-refractivity contribution is 1.08. The molecule has 0 spiro atoms. The van der Waals surface area contributed by atoms with E-state index in [-0.39, 0.29) is 0 Å². The Morgan fingerprint density at radius 1 is 0.309 bits per heavy atom. The second-order valence-electron chi connectivity index (χ2n) is 14.0. The van der Waals surface area contributed by atoms with Gasteiger partial charge in [0.15, 0.2) is 17.5 Å². The van der Waals surface area contributed by atoms with E-state index < -0.39 is 0 Å². The predicted octanol–water partition coefficient (Wildman–Crippen LogP) is 13.1. The number of hydrogen-bond acceptors (Lipinski definition) is 3. The Balaban J connectivity index is 1.18. The number of fused-ring (bicyclic) bond motifs is 7. The molecule has 0 aliphatic heterocycles. The number of benzene rings is 9. The molecule has 0 N–H and O–H groups in total. The fraction of sp³-hybridized carbons (Fsp3) is 0. The van der Waals surface area contributed by atoms with E-state index in [1.807, 2.05) is 18.2 Å². The van der Waals surface area contributed by atoms with Crippen molar-refractivity contribution in [1.82, 2.24) is 19.5 Å². The molecule has 0 bridgehead atoms. The maximum absolute atomic E-state index is 5.40. The summed E-state index contributed by atoms with van der Waals surface area (Å²) in [5.41, 5.74) is 8.49. The van der Waals surface area contributed by atoms with E-state index in [2.05, 4.69) is 180 Å². The van der Waals surface area contributed by atoms with Crippen molar-refractivity contribution >= 4 is 54.1 Å². The van der Waals surface area contributed by atoms with E-state index >= 15 is 0 Å². The Kier molecular flexibility index (Phi) is 7.14. The molecule has 4 nitrogen and oxygen atoms in total. The summed E-state index contributed by atoms with van der Waals surface area (Å²) in [7, 11) is 0. The van der Waals surface area contributed by atoms with Crippen LogP contribution in [0, 0.1) is 0 Å². The van der Waals surface area contributed by atoms with Gasteiger partial charge in [0.1, 0.15) is 0 Å². The molecule has 256 valence electrons. The fourth-order valence-electron chi connectivity index (χ4n) is 8.31. The number of rotatable bonds is 5. The molecule has 0 saturated carbocycles. The van der Waals surface area contributed by atoms with Gasteiger partial charge in [0.25, 0.3) is 0 Å². The van der Waals surface area contributed by atoms with Gasteiger partial charge in [0, 0.05) is 33.2 Å². The molecule has 0 atom stereocenters. The highest BCUT2D eigenvalue weighted by Crippen LogP contribution is 2.41. The van der Waals surface area contributed by atoms with Crippen LogP contribution in [0.5, 0.6) is 0 Å². The van der Waals surface area contributed by atoms with Crippen LogP contribution < -0.4 is 0 Å². The first-order chi connectivity index (χ1) is 27.3. The van der Waals surface area contributed by atoms with E-state index in [1.54, 1.807) is 0 Å². The topological polar surface area (TPSA) is 43.6 Å². The van der Waals surface area contributed by atoms with Gasteiger partial charge in [-0.3, -0.25) is 0 Å². The van der Waals surface area contributed by atoms with Gasteiger partial charge in [0.2, 0.25) is 0 Å². The van der Waals surface area contributed by atoms with Gasteiger partial charge in [-0.2, -0.15) is 0 Å². The Labute approximate surface area is 317 Å². The highest BCUT2D eigenvalue weighted by Gasteiger charge is 2.20. The smallest absolute Gasteiger partial charge is 0.165 e. The molecule has 55 heavy (non-hydrogen) atoms. The van der Waals surface area contributed by atoms with Crippen LogP contribution in [0.4, 0.5) is 0 Å². The van der Waals surface area contributed by atoms with E-state index in [9.17, 15) is 0 Å². The van der Waals surface area contributed by atoms with Gasteiger partial charge in [0.05, 0.1) is 11.0 Å². The quantitative estimate of drug-likeness (QED) is 0.133. The summed E-state index contributed by atoms with van der Waals surface area (Å²) in [6.07, 6.45) is 0. The van der Waals surface area contributed by atoms with Crippen molar-refractivity contribution in [3.05, 3.63) is 194 Å². The molecule has 9 aromatic carbocycles. The van der Waals surface area contributed by atoms with Crippen molar-refractivity contribution < 1.29 is 0 Å². The van der Waals surface area contributed by atoms with Crippen LogP contribution in [0.2, 0.25) is 0 Å². The summed E-state index contributed by atoms with van der Waals surface area (Å²) in [5.74, 6) is 1.91. The first-order valence-corrected chi connectivity index (χ1v) is 18.6. The second kappa shape index (κ2) is 12.6. The fourth-order valence-corrected chi connectivity index (χ4v) is 8.31. The van der Waals surface area contributed by atoms with Crippen molar-refractivity contribution in [2.45, 2.75) is 0 Å². The first kappa shape index (κ1) is 31.1. The molecule has 2 aromatic heterocycles. The highest BCUT2D eigenvalue weighted by atomic mass is 15.0. The van der Waals surface area contributed by atoms with Gasteiger partial charge in [-0.25, -0.2) is 15.0 Å². The van der Waals surface area contributed by atoms with Gasteiger partial charge < -0.3 is 4.57 Å². The van der Waals surface area contributed by atoms with E-state index in [0.29, 0.717) is 17.5 Å². The lowest BCUT2D eigenvalue weighted by atomic mass is 9.93. The summed E-state index contributed by atoms with van der Waals surface area (Å²) in [6.45, 7) is 0. The molecule has 0 radical (unpaired) electrons. The number of hydrogen-bond donors (Lipinski definition) is 0. The largest absolute Gasteiger partial charge is 0.309 e. The second-order valence-corrected chi connectivity index (χ2v) is 14.0. The molecule has 11 aromatic rings. The molecule has 0 amide bonds. The Hall–Kier alpha value is -7.43. The zero-order valence-electron chi connectivity index (χ0n) is 29.8. The summed E-state index contributed by atoms with van der Waals surface area (Å²) >= 11 is 0. The average molecular weight is 701 g/mol. The Morgan fingerprint density at radius 3 is 1.75 bits per heavy atom. The van der Waals surface area contributed by atoms with E-state index in [0.717, 1.165) is 55.2 Å². The normalized spacial score (nSPS) is 11.6. The zero-order chi connectivity index (χ0) is 36.3. The maximum Gasteiger partial charge on any atom is 0.165 e. The first-order valence-electron chi connectivity index (χ1n) is 18.6. The minimum absolute atomic E-state index is 0.630. The molecule has 0 saturated heterocycles. The van der Waals surface area contributed by atoms with Crippen LogP contribution in [-0.2, 0) is 0 Å². The number of aromatic nitrogens is 4.